The van der Waals surface area contributed by atoms with Crippen LogP contribution in [0.2, 0.25) is 0 Å². The quantitative estimate of drug-likeness (QED) is 0.581. The lowest BCUT2D eigenvalue weighted by atomic mass is 10.3. The van der Waals surface area contributed by atoms with E-state index in [1.54, 1.807) is 24.9 Å². The smallest absolute Gasteiger partial charge is 0.114 e. The van der Waals surface area contributed by atoms with Gasteiger partial charge >= 0.3 is 0 Å². The minimum atomic E-state index is -0.582. The molecule has 1 aromatic rings. The summed E-state index contributed by atoms with van der Waals surface area (Å²) in [7, 11) is 1.77. The van der Waals surface area contributed by atoms with E-state index >= 15 is 0 Å². The van der Waals surface area contributed by atoms with E-state index in [0.717, 1.165) is 0 Å². The van der Waals surface area contributed by atoms with Crippen molar-refractivity contribution in [3.8, 4) is 0 Å². The first-order chi connectivity index (χ1) is 4.61. The lowest BCUT2D eigenvalue weighted by molar-refractivity contribution is 0.194. The SMILES string of the molecule is CC(O)c1nn(C)cc1N. The Bertz CT molecular complexity index is 229. The Morgan fingerprint density at radius 3 is 2.60 bits per heavy atom. The normalized spacial score (nSPS) is 13.5. The molecular weight excluding hydrogens is 130 g/mol. The van der Waals surface area contributed by atoms with Crippen LogP contribution in [0.5, 0.6) is 0 Å². The zero-order valence-corrected chi connectivity index (χ0v) is 6.07. The Kier molecular flexibility index (Phi) is 1.63. The van der Waals surface area contributed by atoms with Crippen molar-refractivity contribution in [2.45, 2.75) is 13.0 Å². The Morgan fingerprint density at radius 2 is 2.40 bits per heavy atom. The molecule has 0 amide bonds. The summed E-state index contributed by atoms with van der Waals surface area (Å²) < 4.78 is 1.58. The Labute approximate surface area is 59.3 Å². The summed E-state index contributed by atoms with van der Waals surface area (Å²) in [6, 6.07) is 0. The number of nitrogens with two attached hydrogens (primary N) is 1. The third kappa shape index (κ3) is 1.11. The second-order valence-electron chi connectivity index (χ2n) is 2.32. The molecule has 56 valence electrons. The standard InChI is InChI=1S/C6H11N3O/c1-4(10)6-5(7)3-9(2)8-6/h3-4,10H,7H2,1-2H3. The predicted molar refractivity (Wildman–Crippen MR) is 38.3 cm³/mol. The van der Waals surface area contributed by atoms with Gasteiger partial charge in [-0.05, 0) is 6.92 Å². The molecule has 0 aliphatic carbocycles. The van der Waals surface area contributed by atoms with Crippen LogP contribution < -0.4 is 5.73 Å². The van der Waals surface area contributed by atoms with Crippen molar-refractivity contribution in [3.05, 3.63) is 11.9 Å². The highest BCUT2D eigenvalue weighted by Gasteiger charge is 2.08. The fourth-order valence-electron chi connectivity index (χ4n) is 0.849. The fraction of sp³-hybridized carbons (Fsp3) is 0.500. The van der Waals surface area contributed by atoms with Gasteiger partial charge in [-0.25, -0.2) is 0 Å². The Balaban J connectivity index is 3.03. The summed E-state index contributed by atoms with van der Waals surface area (Å²) in [5, 5.41) is 13.0. The van der Waals surface area contributed by atoms with E-state index in [4.69, 9.17) is 10.8 Å². The number of nitrogens with zero attached hydrogens (tertiary/aromatic N) is 2. The van der Waals surface area contributed by atoms with Crippen LogP contribution in [0.4, 0.5) is 5.69 Å². The van der Waals surface area contributed by atoms with E-state index in [0.29, 0.717) is 11.4 Å². The molecule has 0 aromatic carbocycles. The van der Waals surface area contributed by atoms with E-state index in [2.05, 4.69) is 5.10 Å². The summed E-state index contributed by atoms with van der Waals surface area (Å²) in [5.41, 5.74) is 6.58. The maximum atomic E-state index is 9.06. The average molecular weight is 141 g/mol. The molecule has 1 aromatic heterocycles. The minimum absolute atomic E-state index is 0.539. The van der Waals surface area contributed by atoms with Gasteiger partial charge in [-0.1, -0.05) is 0 Å². The number of aliphatic hydroxyl groups excluding tert-OH is 1. The number of aromatic nitrogens is 2. The molecule has 1 atom stereocenters. The Hall–Kier alpha value is -1.03. The van der Waals surface area contributed by atoms with Gasteiger partial charge in [0.15, 0.2) is 0 Å². The maximum absolute atomic E-state index is 9.06. The fourth-order valence-corrected chi connectivity index (χ4v) is 0.849. The molecule has 0 fully saturated rings. The van der Waals surface area contributed by atoms with Crippen molar-refractivity contribution in [3.63, 3.8) is 0 Å². The molecule has 0 bridgehead atoms. The maximum Gasteiger partial charge on any atom is 0.114 e. The topological polar surface area (TPSA) is 64.1 Å². The van der Waals surface area contributed by atoms with Crippen LogP contribution in [0.15, 0.2) is 6.20 Å². The van der Waals surface area contributed by atoms with Crippen molar-refractivity contribution < 1.29 is 5.11 Å². The highest BCUT2D eigenvalue weighted by atomic mass is 16.3. The van der Waals surface area contributed by atoms with Gasteiger partial charge in [0.25, 0.3) is 0 Å². The third-order valence-corrected chi connectivity index (χ3v) is 1.28. The summed E-state index contributed by atoms with van der Waals surface area (Å²) >= 11 is 0. The zero-order valence-electron chi connectivity index (χ0n) is 6.07. The molecular formula is C6H11N3O. The van der Waals surface area contributed by atoms with Gasteiger partial charge in [-0.2, -0.15) is 5.10 Å². The zero-order chi connectivity index (χ0) is 7.72. The summed E-state index contributed by atoms with van der Waals surface area (Å²) in [4.78, 5) is 0. The van der Waals surface area contributed by atoms with Crippen molar-refractivity contribution in [2.24, 2.45) is 7.05 Å². The largest absolute Gasteiger partial charge is 0.396 e. The van der Waals surface area contributed by atoms with Crippen LogP contribution in [0, 0.1) is 0 Å². The first-order valence-corrected chi connectivity index (χ1v) is 3.08. The molecule has 0 saturated heterocycles. The number of hydrogen-bond acceptors (Lipinski definition) is 3. The number of rotatable bonds is 1. The van der Waals surface area contributed by atoms with Gasteiger partial charge in [0.2, 0.25) is 0 Å². The van der Waals surface area contributed by atoms with Crippen molar-refractivity contribution in [1.29, 1.82) is 0 Å². The van der Waals surface area contributed by atoms with E-state index in [-0.39, 0.29) is 0 Å². The third-order valence-electron chi connectivity index (χ3n) is 1.28. The van der Waals surface area contributed by atoms with Crippen molar-refractivity contribution >= 4 is 5.69 Å². The van der Waals surface area contributed by atoms with Crippen LogP contribution >= 0.6 is 0 Å². The molecule has 1 unspecified atom stereocenters. The molecule has 1 rings (SSSR count). The minimum Gasteiger partial charge on any atom is -0.396 e. The van der Waals surface area contributed by atoms with Crippen LogP contribution in [0.1, 0.15) is 18.7 Å². The van der Waals surface area contributed by atoms with E-state index in [1.165, 1.54) is 0 Å². The summed E-state index contributed by atoms with van der Waals surface area (Å²) in [6.07, 6.45) is 1.09. The molecule has 0 aliphatic rings. The number of anilines is 1. The molecule has 1 heterocycles. The average Bonchev–Trinajstić information content (AvgIpc) is 2.10. The number of hydrogen-bond donors (Lipinski definition) is 2. The van der Waals surface area contributed by atoms with Crippen molar-refractivity contribution in [2.75, 3.05) is 5.73 Å². The molecule has 0 saturated carbocycles. The molecule has 0 aliphatic heterocycles. The van der Waals surface area contributed by atoms with Gasteiger partial charge in [-0.15, -0.1) is 0 Å². The lowest BCUT2D eigenvalue weighted by Gasteiger charge is -1.98. The number of nitrogen functional groups attached to an aromatic ring is 1. The summed E-state index contributed by atoms with van der Waals surface area (Å²) in [5.74, 6) is 0. The number of aliphatic hydroxyl groups is 1. The highest BCUT2D eigenvalue weighted by Crippen LogP contribution is 2.16. The van der Waals surface area contributed by atoms with E-state index in [1.807, 2.05) is 0 Å². The summed E-state index contributed by atoms with van der Waals surface area (Å²) in [6.45, 7) is 1.64. The molecule has 0 radical (unpaired) electrons. The Morgan fingerprint density at radius 1 is 1.80 bits per heavy atom. The molecule has 10 heavy (non-hydrogen) atoms. The van der Waals surface area contributed by atoms with Gasteiger partial charge < -0.3 is 10.8 Å². The number of aryl methyl sites for hydroxylation is 1. The molecule has 4 nitrogen and oxygen atoms in total. The highest BCUT2D eigenvalue weighted by molar-refractivity contribution is 5.41. The van der Waals surface area contributed by atoms with Gasteiger partial charge in [0, 0.05) is 13.2 Å². The monoisotopic (exact) mass is 141 g/mol. The predicted octanol–water partition coefficient (Wildman–Crippen LogP) is 0.0556. The van der Waals surface area contributed by atoms with E-state index in [9.17, 15) is 0 Å². The van der Waals surface area contributed by atoms with Crippen LogP contribution in [0.25, 0.3) is 0 Å². The first kappa shape index (κ1) is 7.08. The second-order valence-corrected chi connectivity index (χ2v) is 2.32. The second kappa shape index (κ2) is 2.30. The van der Waals surface area contributed by atoms with Gasteiger partial charge in [0.1, 0.15) is 5.69 Å². The van der Waals surface area contributed by atoms with Crippen LogP contribution in [0.3, 0.4) is 0 Å². The molecule has 3 N–H and O–H groups in total. The van der Waals surface area contributed by atoms with Crippen LogP contribution in [-0.2, 0) is 7.05 Å². The van der Waals surface area contributed by atoms with Gasteiger partial charge in [0.05, 0.1) is 11.8 Å². The van der Waals surface area contributed by atoms with E-state index < -0.39 is 6.10 Å². The van der Waals surface area contributed by atoms with Crippen LogP contribution in [-0.4, -0.2) is 14.9 Å². The van der Waals surface area contributed by atoms with Gasteiger partial charge in [-0.3, -0.25) is 4.68 Å². The molecule has 4 heteroatoms. The molecule has 0 spiro atoms. The first-order valence-electron chi connectivity index (χ1n) is 3.08. The lowest BCUT2D eigenvalue weighted by Crippen LogP contribution is -1.97. The van der Waals surface area contributed by atoms with Crippen molar-refractivity contribution in [1.82, 2.24) is 9.78 Å².